The molecular weight excluding hydrogens is 421 g/mol. The molecule has 33 heavy (non-hydrogen) atoms. The van der Waals surface area contributed by atoms with Gasteiger partial charge in [0.15, 0.2) is 0 Å². The van der Waals surface area contributed by atoms with E-state index < -0.39 is 5.82 Å². The van der Waals surface area contributed by atoms with Crippen molar-refractivity contribution < 1.29 is 13.9 Å². The van der Waals surface area contributed by atoms with Gasteiger partial charge in [0, 0.05) is 30.3 Å². The first kappa shape index (κ1) is 20.9. The molecule has 0 spiro atoms. The highest BCUT2D eigenvalue weighted by atomic mass is 19.1. The molecule has 2 aromatic carbocycles. The van der Waals surface area contributed by atoms with Gasteiger partial charge < -0.3 is 15.4 Å². The van der Waals surface area contributed by atoms with Crippen LogP contribution in [-0.2, 0) is 6.54 Å². The van der Waals surface area contributed by atoms with Crippen LogP contribution in [0.2, 0.25) is 0 Å². The summed E-state index contributed by atoms with van der Waals surface area (Å²) in [5.41, 5.74) is 7.87. The smallest absolute Gasteiger partial charge is 0.260 e. The van der Waals surface area contributed by atoms with Gasteiger partial charge in [-0.05, 0) is 48.4 Å². The molecule has 8 heteroatoms. The molecule has 0 bridgehead atoms. The number of carbonyl (C=O) groups excluding carboxylic acids is 1. The van der Waals surface area contributed by atoms with E-state index >= 15 is 0 Å². The number of pyridine rings is 1. The number of nitrogens with two attached hydrogens (primary N) is 1. The van der Waals surface area contributed by atoms with Crippen LogP contribution in [0, 0.1) is 17.1 Å². The minimum absolute atomic E-state index is 0.107. The number of hydrogen-bond donors (Lipinski definition) is 1. The number of benzene rings is 2. The first-order valence-electron chi connectivity index (χ1n) is 10.7. The molecule has 0 saturated carbocycles. The fourth-order valence-corrected chi connectivity index (χ4v) is 4.60. The van der Waals surface area contributed by atoms with Crippen LogP contribution in [0.1, 0.15) is 27.9 Å². The van der Waals surface area contributed by atoms with Crippen LogP contribution in [0.3, 0.4) is 0 Å². The summed E-state index contributed by atoms with van der Waals surface area (Å²) in [6.07, 6.45) is 0.894. The monoisotopic (exact) mass is 443 g/mol. The highest BCUT2D eigenvalue weighted by Crippen LogP contribution is 2.42. The molecule has 166 valence electrons. The molecule has 1 amide bonds. The van der Waals surface area contributed by atoms with E-state index in [0.717, 1.165) is 18.8 Å². The largest absolute Gasteiger partial charge is 0.496 e. The lowest BCUT2D eigenvalue weighted by atomic mass is 9.91. The lowest BCUT2D eigenvalue weighted by molar-refractivity contribution is 0.0996. The van der Waals surface area contributed by atoms with E-state index in [1.807, 2.05) is 12.1 Å². The van der Waals surface area contributed by atoms with Crippen molar-refractivity contribution in [2.75, 3.05) is 30.0 Å². The van der Waals surface area contributed by atoms with Crippen LogP contribution >= 0.6 is 0 Å². The molecule has 3 heterocycles. The molecule has 7 nitrogen and oxygen atoms in total. The quantitative estimate of drug-likeness (QED) is 0.664. The van der Waals surface area contributed by atoms with Crippen molar-refractivity contribution in [1.29, 1.82) is 5.26 Å². The van der Waals surface area contributed by atoms with Crippen molar-refractivity contribution in [3.8, 4) is 22.9 Å². The number of aromatic nitrogens is 1. The van der Waals surface area contributed by atoms with Crippen LogP contribution in [0.5, 0.6) is 5.75 Å². The van der Waals surface area contributed by atoms with E-state index in [0.29, 0.717) is 34.8 Å². The van der Waals surface area contributed by atoms with E-state index in [9.17, 15) is 14.4 Å². The van der Waals surface area contributed by atoms with Crippen LogP contribution < -0.4 is 20.3 Å². The Kier molecular flexibility index (Phi) is 5.19. The molecule has 2 aliphatic rings. The Morgan fingerprint density at radius 1 is 1.15 bits per heavy atom. The maximum Gasteiger partial charge on any atom is 0.260 e. The van der Waals surface area contributed by atoms with Crippen molar-refractivity contribution in [3.05, 3.63) is 71.0 Å². The number of amides is 1. The second-order valence-electron chi connectivity index (χ2n) is 8.18. The van der Waals surface area contributed by atoms with Gasteiger partial charge in [-0.1, -0.05) is 12.1 Å². The van der Waals surface area contributed by atoms with Crippen molar-refractivity contribution >= 4 is 17.5 Å². The van der Waals surface area contributed by atoms with E-state index in [1.54, 1.807) is 35.2 Å². The maximum absolute atomic E-state index is 15.0. The zero-order valence-electron chi connectivity index (χ0n) is 18.1. The van der Waals surface area contributed by atoms with Gasteiger partial charge in [0.1, 0.15) is 23.2 Å². The van der Waals surface area contributed by atoms with Gasteiger partial charge in [0.2, 0.25) is 0 Å². The van der Waals surface area contributed by atoms with Gasteiger partial charge in [0.25, 0.3) is 5.91 Å². The van der Waals surface area contributed by atoms with Gasteiger partial charge in [-0.3, -0.25) is 9.69 Å². The Morgan fingerprint density at radius 3 is 2.67 bits per heavy atom. The zero-order chi connectivity index (χ0) is 23.1. The van der Waals surface area contributed by atoms with Crippen molar-refractivity contribution in [1.82, 2.24) is 4.98 Å². The fraction of sp³-hybridized carbons (Fsp3) is 0.240. The highest BCUT2D eigenvalue weighted by Gasteiger charge is 2.34. The Hall–Kier alpha value is -3.96. The number of halogens is 1. The van der Waals surface area contributed by atoms with Gasteiger partial charge >= 0.3 is 0 Å². The molecule has 1 atom stereocenters. The Morgan fingerprint density at radius 2 is 1.94 bits per heavy atom. The van der Waals surface area contributed by atoms with E-state index in [2.05, 4.69) is 11.0 Å². The van der Waals surface area contributed by atoms with Crippen molar-refractivity contribution in [3.63, 3.8) is 0 Å². The second-order valence-corrected chi connectivity index (χ2v) is 8.18. The minimum atomic E-state index is -0.518. The zero-order valence-corrected chi connectivity index (χ0v) is 18.1. The van der Waals surface area contributed by atoms with Crippen molar-refractivity contribution in [2.24, 2.45) is 5.73 Å². The minimum Gasteiger partial charge on any atom is -0.496 e. The predicted molar refractivity (Wildman–Crippen MR) is 123 cm³/mol. The molecule has 5 rings (SSSR count). The van der Waals surface area contributed by atoms with Crippen LogP contribution in [-0.4, -0.2) is 37.1 Å². The van der Waals surface area contributed by atoms with E-state index in [4.69, 9.17) is 15.5 Å². The summed E-state index contributed by atoms with van der Waals surface area (Å²) in [6, 6.07) is 15.5. The molecule has 0 radical (unpaired) electrons. The number of rotatable bonds is 4. The van der Waals surface area contributed by atoms with Crippen LogP contribution in [0.4, 0.5) is 16.0 Å². The third-order valence-corrected chi connectivity index (χ3v) is 6.22. The SMILES string of the molecule is COc1cccc(F)c1-c1c(C#N)ccc2c1CN(c1cccc(N3CC[C@H](N)C3)n1)C2=O. The summed E-state index contributed by atoms with van der Waals surface area (Å²) < 4.78 is 20.3. The predicted octanol–water partition coefficient (Wildman–Crippen LogP) is 3.47. The average Bonchev–Trinajstić information content (AvgIpc) is 3.42. The van der Waals surface area contributed by atoms with Gasteiger partial charge in [-0.2, -0.15) is 5.26 Å². The molecule has 2 aliphatic heterocycles. The van der Waals surface area contributed by atoms with E-state index in [1.165, 1.54) is 13.2 Å². The molecular formula is C25H22FN5O2. The molecule has 1 aromatic heterocycles. The topological polar surface area (TPSA) is 95.5 Å². The standard InChI is InChI=1S/C25H22FN5O2/c1-33-20-5-2-4-19(26)24(20)23-15(12-27)8-9-17-18(23)14-31(25(17)32)22-7-3-6-21(29-22)30-11-10-16(28)13-30/h2-9,16H,10-11,13-14,28H2,1H3/t16-/m0/s1. The first-order chi connectivity index (χ1) is 16.0. The summed E-state index contributed by atoms with van der Waals surface area (Å²) in [4.78, 5) is 21.7. The first-order valence-corrected chi connectivity index (χ1v) is 10.7. The normalized spacial score (nSPS) is 17.3. The Bertz CT molecular complexity index is 1300. The third kappa shape index (κ3) is 3.47. The maximum atomic E-state index is 15.0. The number of nitriles is 1. The van der Waals surface area contributed by atoms with Crippen molar-refractivity contribution in [2.45, 2.75) is 19.0 Å². The fourth-order valence-electron chi connectivity index (χ4n) is 4.60. The highest BCUT2D eigenvalue weighted by molar-refractivity contribution is 6.11. The summed E-state index contributed by atoms with van der Waals surface area (Å²) in [5, 5.41) is 9.75. The summed E-state index contributed by atoms with van der Waals surface area (Å²) >= 11 is 0. The van der Waals surface area contributed by atoms with Gasteiger partial charge in [0.05, 0.1) is 30.9 Å². The lowest BCUT2D eigenvalue weighted by Crippen LogP contribution is -2.28. The summed E-state index contributed by atoms with van der Waals surface area (Å²) in [5.74, 6) is 0.804. The average molecular weight is 443 g/mol. The number of hydrogen-bond acceptors (Lipinski definition) is 6. The molecule has 3 aromatic rings. The molecule has 0 aliphatic carbocycles. The number of ether oxygens (including phenoxy) is 1. The molecule has 2 N–H and O–H groups in total. The molecule has 1 saturated heterocycles. The van der Waals surface area contributed by atoms with E-state index in [-0.39, 0.29) is 29.6 Å². The summed E-state index contributed by atoms with van der Waals surface area (Å²) in [6.45, 7) is 1.70. The Labute approximate surface area is 190 Å². The number of nitrogens with zero attached hydrogens (tertiary/aromatic N) is 4. The molecule has 0 unspecified atom stereocenters. The van der Waals surface area contributed by atoms with Gasteiger partial charge in [-0.25, -0.2) is 9.37 Å². The Balaban J connectivity index is 1.59. The molecule has 1 fully saturated rings. The number of anilines is 2. The van der Waals surface area contributed by atoms with Gasteiger partial charge in [-0.15, -0.1) is 0 Å². The number of methoxy groups -OCH3 is 1. The van der Waals surface area contributed by atoms with Crippen LogP contribution in [0.15, 0.2) is 48.5 Å². The number of carbonyl (C=O) groups is 1. The summed E-state index contributed by atoms with van der Waals surface area (Å²) in [7, 11) is 1.45. The lowest BCUT2D eigenvalue weighted by Gasteiger charge is -2.20. The number of fused-ring (bicyclic) bond motifs is 1. The van der Waals surface area contributed by atoms with Crippen LogP contribution in [0.25, 0.3) is 11.1 Å². The second kappa shape index (κ2) is 8.19. The third-order valence-electron chi connectivity index (χ3n) is 6.22.